The summed E-state index contributed by atoms with van der Waals surface area (Å²) in [6, 6.07) is 5.27. The highest BCUT2D eigenvalue weighted by Crippen LogP contribution is 2.44. The maximum Gasteiger partial charge on any atom is 0.336 e. The standard InChI is InChI=1S/C19H21NO5/c1-23-14-9-16(24-2)18-12(6-8-25-17(18)10-14)3-4-13-11-20-7-5-15(13)19(21)22/h5,7,9-12H,3-4,6,8H2,1-2H3,(H,21,22). The van der Waals surface area contributed by atoms with Crippen LogP contribution in [0.4, 0.5) is 0 Å². The molecule has 132 valence electrons. The third-order valence-electron chi connectivity index (χ3n) is 4.56. The van der Waals surface area contributed by atoms with Crippen molar-refractivity contribution in [2.45, 2.75) is 25.2 Å². The quantitative estimate of drug-likeness (QED) is 0.867. The van der Waals surface area contributed by atoms with Crippen LogP contribution < -0.4 is 14.2 Å². The molecule has 0 spiro atoms. The Kier molecular flexibility index (Phi) is 5.07. The molecule has 1 aliphatic heterocycles. The summed E-state index contributed by atoms with van der Waals surface area (Å²) in [5, 5.41) is 9.32. The van der Waals surface area contributed by atoms with E-state index in [0.717, 1.165) is 35.5 Å². The second-order valence-electron chi connectivity index (χ2n) is 5.95. The largest absolute Gasteiger partial charge is 0.496 e. The molecule has 1 aromatic carbocycles. The maximum absolute atomic E-state index is 11.4. The van der Waals surface area contributed by atoms with Crippen LogP contribution in [0.25, 0.3) is 0 Å². The third kappa shape index (κ3) is 3.52. The summed E-state index contributed by atoms with van der Waals surface area (Å²) in [4.78, 5) is 15.4. The Bertz CT molecular complexity index is 757. The molecule has 6 nitrogen and oxygen atoms in total. The second kappa shape index (κ2) is 7.42. The van der Waals surface area contributed by atoms with Gasteiger partial charge in [0.25, 0.3) is 0 Å². The summed E-state index contributed by atoms with van der Waals surface area (Å²) in [7, 11) is 3.24. The van der Waals surface area contributed by atoms with E-state index in [9.17, 15) is 9.90 Å². The van der Waals surface area contributed by atoms with Crippen LogP contribution in [0.15, 0.2) is 30.6 Å². The zero-order valence-corrected chi connectivity index (χ0v) is 14.3. The van der Waals surface area contributed by atoms with E-state index in [1.54, 1.807) is 26.5 Å². The molecule has 6 heteroatoms. The minimum atomic E-state index is -0.924. The molecule has 0 saturated heterocycles. The first-order valence-corrected chi connectivity index (χ1v) is 8.19. The fourth-order valence-corrected chi connectivity index (χ4v) is 3.29. The number of nitrogens with zero attached hydrogens (tertiary/aromatic N) is 1. The number of carboxylic acid groups (broad SMARTS) is 1. The van der Waals surface area contributed by atoms with E-state index < -0.39 is 5.97 Å². The number of carboxylic acids is 1. The number of aromatic nitrogens is 1. The number of rotatable bonds is 6. The van der Waals surface area contributed by atoms with Crippen molar-refractivity contribution >= 4 is 5.97 Å². The smallest absolute Gasteiger partial charge is 0.336 e. The number of pyridine rings is 1. The fraction of sp³-hybridized carbons (Fsp3) is 0.368. The molecule has 0 radical (unpaired) electrons. The molecule has 25 heavy (non-hydrogen) atoms. The van der Waals surface area contributed by atoms with Crippen molar-refractivity contribution in [3.05, 3.63) is 47.3 Å². The molecule has 0 fully saturated rings. The highest BCUT2D eigenvalue weighted by atomic mass is 16.5. The molecule has 0 bridgehead atoms. The van der Waals surface area contributed by atoms with Gasteiger partial charge in [0.1, 0.15) is 17.2 Å². The summed E-state index contributed by atoms with van der Waals surface area (Å²) in [6.45, 7) is 0.618. The van der Waals surface area contributed by atoms with Gasteiger partial charge in [-0.25, -0.2) is 4.79 Å². The zero-order valence-electron chi connectivity index (χ0n) is 14.3. The lowest BCUT2D eigenvalue weighted by molar-refractivity contribution is 0.0695. The number of fused-ring (bicyclic) bond motifs is 1. The lowest BCUT2D eigenvalue weighted by Gasteiger charge is -2.28. The molecule has 0 amide bonds. The van der Waals surface area contributed by atoms with Gasteiger partial charge in [-0.3, -0.25) is 4.98 Å². The van der Waals surface area contributed by atoms with Crippen LogP contribution in [0.2, 0.25) is 0 Å². The molecule has 0 saturated carbocycles. The van der Waals surface area contributed by atoms with E-state index >= 15 is 0 Å². The van der Waals surface area contributed by atoms with Crippen LogP contribution >= 0.6 is 0 Å². The Morgan fingerprint density at radius 3 is 2.92 bits per heavy atom. The lowest BCUT2D eigenvalue weighted by atomic mass is 9.86. The minimum absolute atomic E-state index is 0.228. The highest BCUT2D eigenvalue weighted by molar-refractivity contribution is 5.89. The van der Waals surface area contributed by atoms with Gasteiger partial charge in [-0.1, -0.05) is 0 Å². The van der Waals surface area contributed by atoms with Gasteiger partial charge in [0.2, 0.25) is 0 Å². The molecule has 1 aromatic heterocycles. The van der Waals surface area contributed by atoms with E-state index in [1.165, 1.54) is 6.20 Å². The van der Waals surface area contributed by atoms with E-state index in [0.29, 0.717) is 24.3 Å². The van der Waals surface area contributed by atoms with Crippen molar-refractivity contribution in [3.8, 4) is 17.2 Å². The minimum Gasteiger partial charge on any atom is -0.496 e. The Balaban J connectivity index is 1.86. The summed E-state index contributed by atoms with van der Waals surface area (Å²) in [5.74, 6) is 1.51. The first kappa shape index (κ1) is 17.1. The van der Waals surface area contributed by atoms with Crippen molar-refractivity contribution in [1.29, 1.82) is 0 Å². The van der Waals surface area contributed by atoms with Crippen LogP contribution in [0.5, 0.6) is 17.2 Å². The number of carbonyl (C=O) groups is 1. The summed E-state index contributed by atoms with van der Waals surface area (Å²) >= 11 is 0. The molecular weight excluding hydrogens is 322 g/mol. The van der Waals surface area contributed by atoms with Crippen LogP contribution in [0.1, 0.15) is 40.2 Å². The van der Waals surface area contributed by atoms with Crippen LogP contribution in [0, 0.1) is 0 Å². The number of aromatic carboxylic acids is 1. The van der Waals surface area contributed by atoms with E-state index in [2.05, 4.69) is 4.98 Å². The first-order valence-electron chi connectivity index (χ1n) is 8.19. The molecule has 2 aromatic rings. The average Bonchev–Trinajstić information content (AvgIpc) is 2.65. The van der Waals surface area contributed by atoms with Crippen LogP contribution in [0.3, 0.4) is 0 Å². The first-order chi connectivity index (χ1) is 12.1. The number of benzene rings is 1. The molecule has 1 unspecified atom stereocenters. The molecule has 3 rings (SSSR count). The second-order valence-corrected chi connectivity index (χ2v) is 5.95. The Morgan fingerprint density at radius 2 is 2.20 bits per heavy atom. The molecule has 2 heterocycles. The van der Waals surface area contributed by atoms with Crippen molar-refractivity contribution in [2.75, 3.05) is 20.8 Å². The van der Waals surface area contributed by atoms with Gasteiger partial charge in [-0.05, 0) is 36.8 Å². The number of methoxy groups -OCH3 is 2. The third-order valence-corrected chi connectivity index (χ3v) is 4.56. The van der Waals surface area contributed by atoms with Crippen LogP contribution in [-0.2, 0) is 6.42 Å². The van der Waals surface area contributed by atoms with Gasteiger partial charge in [0.15, 0.2) is 0 Å². The van der Waals surface area contributed by atoms with Crippen LogP contribution in [-0.4, -0.2) is 36.9 Å². The summed E-state index contributed by atoms with van der Waals surface area (Å²) < 4.78 is 16.6. The van der Waals surface area contributed by atoms with Gasteiger partial charge in [-0.15, -0.1) is 0 Å². The van der Waals surface area contributed by atoms with E-state index in [-0.39, 0.29) is 5.92 Å². The number of ether oxygens (including phenoxy) is 3. The van der Waals surface area contributed by atoms with Crippen molar-refractivity contribution in [2.24, 2.45) is 0 Å². The van der Waals surface area contributed by atoms with Crippen molar-refractivity contribution in [3.63, 3.8) is 0 Å². The van der Waals surface area contributed by atoms with Gasteiger partial charge in [0.05, 0.1) is 26.4 Å². The molecule has 1 atom stereocenters. The van der Waals surface area contributed by atoms with E-state index in [1.807, 2.05) is 12.1 Å². The molecule has 1 N–H and O–H groups in total. The Hall–Kier alpha value is -2.76. The van der Waals surface area contributed by atoms with Gasteiger partial charge >= 0.3 is 5.97 Å². The van der Waals surface area contributed by atoms with Gasteiger partial charge in [-0.2, -0.15) is 0 Å². The van der Waals surface area contributed by atoms with Gasteiger partial charge in [0, 0.05) is 30.1 Å². The average molecular weight is 343 g/mol. The SMILES string of the molecule is COc1cc(OC)c2c(c1)OCCC2CCc1cnccc1C(=O)O. The lowest BCUT2D eigenvalue weighted by Crippen LogP contribution is -2.16. The molecular formula is C19H21NO5. The van der Waals surface area contributed by atoms with Crippen molar-refractivity contribution in [1.82, 2.24) is 4.98 Å². The molecule has 1 aliphatic rings. The Morgan fingerprint density at radius 1 is 1.36 bits per heavy atom. The summed E-state index contributed by atoms with van der Waals surface area (Å²) in [6.07, 6.45) is 5.43. The topological polar surface area (TPSA) is 77.9 Å². The predicted molar refractivity (Wildman–Crippen MR) is 91.9 cm³/mol. The number of hydrogen-bond donors (Lipinski definition) is 1. The number of aryl methyl sites for hydroxylation is 1. The fourth-order valence-electron chi connectivity index (χ4n) is 3.29. The van der Waals surface area contributed by atoms with E-state index in [4.69, 9.17) is 14.2 Å². The van der Waals surface area contributed by atoms with Gasteiger partial charge < -0.3 is 19.3 Å². The maximum atomic E-state index is 11.4. The normalized spacial score (nSPS) is 15.8. The monoisotopic (exact) mass is 343 g/mol. The summed E-state index contributed by atoms with van der Waals surface area (Å²) in [5.41, 5.74) is 2.08. The molecule has 0 aliphatic carbocycles. The predicted octanol–water partition coefficient (Wildman–Crippen LogP) is 3.30. The van der Waals surface area contributed by atoms with Crippen molar-refractivity contribution < 1.29 is 24.1 Å². The Labute approximate surface area is 146 Å². The number of hydrogen-bond acceptors (Lipinski definition) is 5. The highest BCUT2D eigenvalue weighted by Gasteiger charge is 2.27. The zero-order chi connectivity index (χ0) is 17.8.